The molecule has 0 fully saturated rings. The summed E-state index contributed by atoms with van der Waals surface area (Å²) in [6, 6.07) is 8.65. The van der Waals surface area contributed by atoms with Gasteiger partial charge in [-0.1, -0.05) is 16.3 Å². The van der Waals surface area contributed by atoms with Gasteiger partial charge in [-0.2, -0.15) is 0 Å². The van der Waals surface area contributed by atoms with E-state index in [9.17, 15) is 13.0 Å². The number of hydrogen-bond donors (Lipinski definition) is 0. The van der Waals surface area contributed by atoms with E-state index in [0.717, 1.165) is 5.56 Å². The van der Waals surface area contributed by atoms with Gasteiger partial charge >= 0.3 is 0 Å². The first-order valence-corrected chi connectivity index (χ1v) is 9.49. The van der Waals surface area contributed by atoms with E-state index in [1.807, 2.05) is 0 Å². The highest BCUT2D eigenvalue weighted by Crippen LogP contribution is 2.18. The second kappa shape index (κ2) is 7.77. The van der Waals surface area contributed by atoms with Crippen molar-refractivity contribution < 1.29 is 17.7 Å². The second-order valence-corrected chi connectivity index (χ2v) is 7.25. The molecule has 0 bridgehead atoms. The van der Waals surface area contributed by atoms with Gasteiger partial charge in [0.1, 0.15) is 17.6 Å². The number of aryl methyl sites for hydroxylation is 1. The molecule has 0 aliphatic carbocycles. The Balaban J connectivity index is 1.68. The van der Waals surface area contributed by atoms with Crippen LogP contribution in [0.4, 0.5) is 0 Å². The minimum Gasteiger partial charge on any atom is -0.748 e. The van der Waals surface area contributed by atoms with Crippen LogP contribution in [-0.4, -0.2) is 44.2 Å². The van der Waals surface area contributed by atoms with Gasteiger partial charge in [-0.3, -0.25) is 0 Å². The lowest BCUT2D eigenvalue weighted by Gasteiger charge is -2.03. The molecule has 0 amide bonds. The quantitative estimate of drug-likeness (QED) is 0.446. The zero-order valence-electron chi connectivity index (χ0n) is 13.4. The van der Waals surface area contributed by atoms with Crippen molar-refractivity contribution in [1.82, 2.24) is 25.5 Å². The predicted molar refractivity (Wildman–Crippen MR) is 90.7 cm³/mol. The third-order valence-corrected chi connectivity index (χ3v) is 4.40. The summed E-state index contributed by atoms with van der Waals surface area (Å²) in [5.41, 5.74) is 2.50. The van der Waals surface area contributed by atoms with Crippen LogP contribution < -0.4 is 4.68 Å². The summed E-state index contributed by atoms with van der Waals surface area (Å²) in [4.78, 5) is 0. The number of aromatic nitrogens is 6. The summed E-state index contributed by atoms with van der Waals surface area (Å²) in [6.07, 6.45) is 3.49. The van der Waals surface area contributed by atoms with E-state index in [0.29, 0.717) is 28.8 Å². The second-order valence-electron chi connectivity index (χ2n) is 5.34. The lowest BCUT2D eigenvalue weighted by Crippen LogP contribution is -2.38. The van der Waals surface area contributed by atoms with Crippen molar-refractivity contribution in [2.24, 2.45) is 0 Å². The maximum Gasteiger partial charge on any atom is 0.196 e. The highest BCUT2D eigenvalue weighted by atomic mass is 35.5. The van der Waals surface area contributed by atoms with Crippen molar-refractivity contribution in [2.45, 2.75) is 13.0 Å². The monoisotopic (exact) mass is 392 g/mol. The molecule has 0 radical (unpaired) electrons. The molecular formula is C15H13ClN6O3S. The molecule has 3 heterocycles. The Morgan fingerprint density at radius 3 is 2.15 bits per heavy atom. The zero-order chi connectivity index (χ0) is 18.6. The highest BCUT2D eigenvalue weighted by molar-refractivity contribution is 7.85. The molecule has 0 spiro atoms. The summed E-state index contributed by atoms with van der Waals surface area (Å²) in [7, 11) is -4.20. The van der Waals surface area contributed by atoms with E-state index in [4.69, 9.17) is 11.6 Å². The molecule has 0 aliphatic heterocycles. The number of nitrogens with zero attached hydrogens (tertiary/aromatic N) is 6. The SMILES string of the molecule is O=S(=O)([O-])CCC[n+]1ccc(-c2ccc(-c3ccc(Cl)nn3)nn2)cn1. The van der Waals surface area contributed by atoms with Crippen LogP contribution in [-0.2, 0) is 16.7 Å². The van der Waals surface area contributed by atoms with Crippen molar-refractivity contribution in [3.05, 3.63) is 47.9 Å². The van der Waals surface area contributed by atoms with Crippen LogP contribution in [0.1, 0.15) is 6.42 Å². The maximum absolute atomic E-state index is 10.6. The van der Waals surface area contributed by atoms with Gasteiger partial charge < -0.3 is 4.55 Å². The molecule has 3 rings (SSSR count). The van der Waals surface area contributed by atoms with Crippen molar-refractivity contribution in [3.63, 3.8) is 0 Å². The molecule has 3 aromatic heterocycles. The van der Waals surface area contributed by atoms with E-state index >= 15 is 0 Å². The molecule has 0 N–H and O–H groups in total. The number of halogens is 1. The fourth-order valence-corrected chi connectivity index (χ4v) is 2.73. The Labute approximate surface area is 154 Å². The van der Waals surface area contributed by atoms with Gasteiger partial charge in [-0.05, 0) is 29.4 Å². The minimum absolute atomic E-state index is 0.208. The first-order chi connectivity index (χ1) is 12.4. The summed E-state index contributed by atoms with van der Waals surface area (Å²) in [5, 5.41) is 20.5. The van der Waals surface area contributed by atoms with Crippen LogP contribution in [0.3, 0.4) is 0 Å². The van der Waals surface area contributed by atoms with Crippen molar-refractivity contribution >= 4 is 21.7 Å². The Bertz CT molecular complexity index is 979. The molecule has 26 heavy (non-hydrogen) atoms. The number of rotatable bonds is 6. The van der Waals surface area contributed by atoms with Crippen LogP contribution in [0, 0.1) is 0 Å². The van der Waals surface area contributed by atoms with Gasteiger partial charge in [-0.15, -0.1) is 20.4 Å². The molecule has 3 aromatic rings. The Morgan fingerprint density at radius 1 is 0.962 bits per heavy atom. The average Bonchev–Trinajstić information content (AvgIpc) is 2.62. The fourth-order valence-electron chi connectivity index (χ4n) is 2.15. The number of hydrogen-bond acceptors (Lipinski definition) is 8. The molecule has 0 saturated carbocycles. The van der Waals surface area contributed by atoms with Gasteiger partial charge in [0.2, 0.25) is 0 Å². The zero-order valence-corrected chi connectivity index (χ0v) is 14.9. The topological polar surface area (TPSA) is 126 Å². The smallest absolute Gasteiger partial charge is 0.196 e. The molecule has 11 heteroatoms. The first-order valence-electron chi connectivity index (χ1n) is 7.54. The fraction of sp³-hybridized carbons (Fsp3) is 0.200. The highest BCUT2D eigenvalue weighted by Gasteiger charge is 2.09. The lowest BCUT2D eigenvalue weighted by molar-refractivity contribution is -0.753. The molecule has 134 valence electrons. The Hall–Kier alpha value is -2.56. The molecule has 9 nitrogen and oxygen atoms in total. The van der Waals surface area contributed by atoms with Crippen LogP contribution in [0.15, 0.2) is 42.7 Å². The maximum atomic E-state index is 10.6. The standard InChI is InChI=1S/C15H13ClN6O3S/c16-15-5-4-14(20-21-15)13-3-2-12(18-19-13)11-6-8-22(17-10-11)7-1-9-26(23,24)25/h2-6,8,10H,1,7,9H2. The van der Waals surface area contributed by atoms with Gasteiger partial charge in [0.05, 0.1) is 15.8 Å². The molecule has 0 aliphatic rings. The van der Waals surface area contributed by atoms with Gasteiger partial charge in [0, 0.05) is 23.8 Å². The summed E-state index contributed by atoms with van der Waals surface area (Å²) < 4.78 is 33.3. The third kappa shape index (κ3) is 4.97. The van der Waals surface area contributed by atoms with Crippen LogP contribution in [0.25, 0.3) is 22.6 Å². The van der Waals surface area contributed by atoms with Crippen LogP contribution in [0.2, 0.25) is 5.15 Å². The van der Waals surface area contributed by atoms with Gasteiger partial charge in [-0.25, -0.2) is 8.42 Å². The molecular weight excluding hydrogens is 380 g/mol. The normalized spacial score (nSPS) is 11.5. The molecule has 0 unspecified atom stereocenters. The van der Waals surface area contributed by atoms with Crippen LogP contribution in [0.5, 0.6) is 0 Å². The summed E-state index contributed by atoms with van der Waals surface area (Å²) in [6.45, 7) is 0.335. The van der Waals surface area contributed by atoms with Crippen molar-refractivity contribution in [1.29, 1.82) is 0 Å². The average molecular weight is 393 g/mol. The van der Waals surface area contributed by atoms with E-state index < -0.39 is 15.9 Å². The lowest BCUT2D eigenvalue weighted by atomic mass is 10.2. The minimum atomic E-state index is -4.20. The third-order valence-electron chi connectivity index (χ3n) is 3.41. The Morgan fingerprint density at radius 2 is 1.62 bits per heavy atom. The van der Waals surface area contributed by atoms with E-state index in [1.54, 1.807) is 47.4 Å². The predicted octanol–water partition coefficient (Wildman–Crippen LogP) is 0.872. The van der Waals surface area contributed by atoms with Crippen molar-refractivity contribution in [2.75, 3.05) is 5.75 Å². The van der Waals surface area contributed by atoms with Crippen LogP contribution >= 0.6 is 11.6 Å². The molecule has 0 atom stereocenters. The summed E-state index contributed by atoms with van der Waals surface area (Å²) >= 11 is 5.71. The Kier molecular flexibility index (Phi) is 5.45. The van der Waals surface area contributed by atoms with E-state index in [2.05, 4.69) is 25.5 Å². The first kappa shape index (κ1) is 18.2. The molecule has 0 aromatic carbocycles. The molecule has 0 saturated heterocycles. The largest absolute Gasteiger partial charge is 0.748 e. The van der Waals surface area contributed by atoms with Crippen molar-refractivity contribution in [3.8, 4) is 22.6 Å². The van der Waals surface area contributed by atoms with Gasteiger partial charge in [0.25, 0.3) is 0 Å². The van der Waals surface area contributed by atoms with E-state index in [-0.39, 0.29) is 6.42 Å². The summed E-state index contributed by atoms with van der Waals surface area (Å²) in [5.74, 6) is -0.413. The van der Waals surface area contributed by atoms with Gasteiger partial charge in [0.15, 0.2) is 17.9 Å². The van der Waals surface area contributed by atoms with E-state index in [1.165, 1.54) is 0 Å².